The number of ether oxygens (including phenoxy) is 1. The molecule has 29 heavy (non-hydrogen) atoms. The van der Waals surface area contributed by atoms with Gasteiger partial charge in [0.05, 0.1) is 31.3 Å². The first kappa shape index (κ1) is 18.4. The average Bonchev–Trinajstić information content (AvgIpc) is 3.11. The van der Waals surface area contributed by atoms with Gasteiger partial charge in [0.1, 0.15) is 17.3 Å². The SMILES string of the molecule is Cc1ncc2c(n1)C1(CCCN(c3cncc(C(=O)N4CCOCC4)n3)C1)CC2. The Bertz CT molecular complexity index is 925. The predicted octanol–water partition coefficient (Wildman–Crippen LogP) is 1.53. The molecular formula is C21H26N6O2. The minimum Gasteiger partial charge on any atom is -0.378 e. The number of carbonyl (C=O) groups is 1. The van der Waals surface area contributed by atoms with Gasteiger partial charge < -0.3 is 14.5 Å². The first-order valence-corrected chi connectivity index (χ1v) is 10.4. The number of carbonyl (C=O) groups excluding carboxylic acids is 1. The standard InChI is InChI=1S/C21H26N6O2/c1-15-23-11-16-3-5-21(19(16)24-15)4-2-6-27(14-21)18-13-22-12-17(25-18)20(28)26-7-9-29-10-8-26/h11-13H,2-10,14H2,1H3. The fraction of sp³-hybridized carbons (Fsp3) is 0.571. The third-order valence-corrected chi connectivity index (χ3v) is 6.40. The Morgan fingerprint density at radius 1 is 1.10 bits per heavy atom. The Kier molecular flexibility index (Phi) is 4.66. The van der Waals surface area contributed by atoms with Crippen molar-refractivity contribution in [2.24, 2.45) is 0 Å². The summed E-state index contributed by atoms with van der Waals surface area (Å²) in [5, 5.41) is 0. The first-order valence-electron chi connectivity index (χ1n) is 10.4. The minimum atomic E-state index is -0.0658. The van der Waals surface area contributed by atoms with Gasteiger partial charge in [0.2, 0.25) is 0 Å². The molecule has 1 aliphatic carbocycles. The molecule has 2 aromatic rings. The van der Waals surface area contributed by atoms with Crippen LogP contribution >= 0.6 is 0 Å². The van der Waals surface area contributed by atoms with E-state index in [0.29, 0.717) is 32.0 Å². The topological polar surface area (TPSA) is 84.3 Å². The monoisotopic (exact) mass is 394 g/mol. The molecule has 2 fully saturated rings. The summed E-state index contributed by atoms with van der Waals surface area (Å²) in [7, 11) is 0. The van der Waals surface area contributed by atoms with Gasteiger partial charge in [0.25, 0.3) is 5.91 Å². The summed E-state index contributed by atoms with van der Waals surface area (Å²) in [4.78, 5) is 35.1. The molecular weight excluding hydrogens is 368 g/mol. The average molecular weight is 394 g/mol. The highest BCUT2D eigenvalue weighted by Gasteiger charge is 2.44. The lowest BCUT2D eigenvalue weighted by molar-refractivity contribution is 0.0298. The normalized spacial score (nSPS) is 24.0. The van der Waals surface area contributed by atoms with Crippen LogP contribution in [0.15, 0.2) is 18.6 Å². The van der Waals surface area contributed by atoms with Crippen molar-refractivity contribution in [2.75, 3.05) is 44.3 Å². The van der Waals surface area contributed by atoms with Crippen LogP contribution in [0.2, 0.25) is 0 Å². The molecule has 0 bridgehead atoms. The molecule has 2 aliphatic heterocycles. The summed E-state index contributed by atoms with van der Waals surface area (Å²) in [6, 6.07) is 0. The van der Waals surface area contributed by atoms with Gasteiger partial charge >= 0.3 is 0 Å². The maximum absolute atomic E-state index is 12.8. The zero-order valence-electron chi connectivity index (χ0n) is 16.8. The van der Waals surface area contributed by atoms with E-state index in [9.17, 15) is 4.79 Å². The molecule has 0 radical (unpaired) electrons. The zero-order chi connectivity index (χ0) is 19.8. The van der Waals surface area contributed by atoms with E-state index in [-0.39, 0.29) is 11.3 Å². The maximum atomic E-state index is 12.8. The van der Waals surface area contributed by atoms with E-state index < -0.39 is 0 Å². The molecule has 2 aromatic heterocycles. The van der Waals surface area contributed by atoms with Crippen LogP contribution < -0.4 is 4.90 Å². The number of hydrogen-bond acceptors (Lipinski definition) is 7. The van der Waals surface area contributed by atoms with Gasteiger partial charge in [0.15, 0.2) is 0 Å². The lowest BCUT2D eigenvalue weighted by Gasteiger charge is -2.41. The Hall–Kier alpha value is -2.61. The molecule has 152 valence electrons. The van der Waals surface area contributed by atoms with Gasteiger partial charge in [-0.1, -0.05) is 0 Å². The molecule has 0 N–H and O–H groups in total. The van der Waals surface area contributed by atoms with Crippen LogP contribution in [-0.4, -0.2) is 70.1 Å². The summed E-state index contributed by atoms with van der Waals surface area (Å²) in [5.41, 5.74) is 2.95. The molecule has 5 rings (SSSR count). The number of piperidine rings is 1. The van der Waals surface area contributed by atoms with Gasteiger partial charge in [-0.2, -0.15) is 0 Å². The molecule has 2 saturated heterocycles. The number of amides is 1. The zero-order valence-corrected chi connectivity index (χ0v) is 16.8. The number of fused-ring (bicyclic) bond motifs is 2. The van der Waals surface area contributed by atoms with Crippen molar-refractivity contribution in [2.45, 2.75) is 38.0 Å². The summed E-state index contributed by atoms with van der Waals surface area (Å²) in [6.07, 6.45) is 9.67. The highest BCUT2D eigenvalue weighted by Crippen LogP contribution is 2.44. The van der Waals surface area contributed by atoms with Crippen LogP contribution in [0, 0.1) is 6.92 Å². The second kappa shape index (κ2) is 7.33. The quantitative estimate of drug-likeness (QED) is 0.764. The summed E-state index contributed by atoms with van der Waals surface area (Å²) >= 11 is 0. The van der Waals surface area contributed by atoms with Crippen LogP contribution in [0.4, 0.5) is 5.82 Å². The second-order valence-electron chi connectivity index (χ2n) is 8.26. The Balaban J connectivity index is 1.40. The van der Waals surface area contributed by atoms with Crippen molar-refractivity contribution in [1.29, 1.82) is 0 Å². The summed E-state index contributed by atoms with van der Waals surface area (Å²) < 4.78 is 5.35. The number of aromatic nitrogens is 4. The van der Waals surface area contributed by atoms with Gasteiger partial charge in [0, 0.05) is 37.8 Å². The van der Waals surface area contributed by atoms with Crippen LogP contribution in [-0.2, 0) is 16.6 Å². The highest BCUT2D eigenvalue weighted by molar-refractivity contribution is 5.92. The molecule has 1 atom stereocenters. The van der Waals surface area contributed by atoms with Crippen LogP contribution in [0.1, 0.15) is 46.8 Å². The van der Waals surface area contributed by atoms with Crippen molar-refractivity contribution in [3.8, 4) is 0 Å². The highest BCUT2D eigenvalue weighted by atomic mass is 16.5. The third-order valence-electron chi connectivity index (χ3n) is 6.40. The molecule has 1 unspecified atom stereocenters. The number of morpholine rings is 1. The molecule has 8 heteroatoms. The molecule has 1 spiro atoms. The Labute approximate surface area is 170 Å². The van der Waals surface area contributed by atoms with E-state index >= 15 is 0 Å². The lowest BCUT2D eigenvalue weighted by Crippen LogP contribution is -2.46. The largest absolute Gasteiger partial charge is 0.378 e. The van der Waals surface area contributed by atoms with E-state index in [1.165, 1.54) is 11.3 Å². The first-order chi connectivity index (χ1) is 14.1. The summed E-state index contributed by atoms with van der Waals surface area (Å²) in [6.45, 7) is 6.10. The molecule has 3 aliphatic rings. The van der Waals surface area contributed by atoms with Crippen molar-refractivity contribution < 1.29 is 9.53 Å². The number of hydrogen-bond donors (Lipinski definition) is 0. The van der Waals surface area contributed by atoms with Crippen LogP contribution in [0.5, 0.6) is 0 Å². The third kappa shape index (κ3) is 3.35. The summed E-state index contributed by atoms with van der Waals surface area (Å²) in [5.74, 6) is 1.55. The minimum absolute atomic E-state index is 0.0488. The van der Waals surface area contributed by atoms with Crippen LogP contribution in [0.25, 0.3) is 0 Å². The maximum Gasteiger partial charge on any atom is 0.274 e. The second-order valence-corrected chi connectivity index (χ2v) is 8.26. The smallest absolute Gasteiger partial charge is 0.274 e. The number of rotatable bonds is 2. The van der Waals surface area contributed by atoms with Gasteiger partial charge in [-0.15, -0.1) is 0 Å². The van der Waals surface area contributed by atoms with E-state index in [1.54, 1.807) is 17.3 Å². The van der Waals surface area contributed by atoms with Gasteiger partial charge in [-0.05, 0) is 38.2 Å². The van der Waals surface area contributed by atoms with Gasteiger partial charge in [-0.25, -0.2) is 15.0 Å². The fourth-order valence-corrected chi connectivity index (χ4v) is 4.89. The Morgan fingerprint density at radius 3 is 2.83 bits per heavy atom. The van der Waals surface area contributed by atoms with Crippen molar-refractivity contribution in [3.63, 3.8) is 0 Å². The lowest BCUT2D eigenvalue weighted by atomic mass is 9.77. The van der Waals surface area contributed by atoms with Gasteiger partial charge in [-0.3, -0.25) is 9.78 Å². The van der Waals surface area contributed by atoms with E-state index in [1.807, 2.05) is 13.1 Å². The van der Waals surface area contributed by atoms with E-state index in [2.05, 4.69) is 14.9 Å². The molecule has 1 amide bonds. The van der Waals surface area contributed by atoms with E-state index in [4.69, 9.17) is 14.7 Å². The fourth-order valence-electron chi connectivity index (χ4n) is 4.89. The van der Waals surface area contributed by atoms with Crippen molar-refractivity contribution >= 4 is 11.7 Å². The number of anilines is 1. The molecule has 0 aromatic carbocycles. The van der Waals surface area contributed by atoms with Crippen LogP contribution in [0.3, 0.4) is 0 Å². The predicted molar refractivity (Wildman–Crippen MR) is 107 cm³/mol. The Morgan fingerprint density at radius 2 is 1.97 bits per heavy atom. The number of aryl methyl sites for hydroxylation is 2. The van der Waals surface area contributed by atoms with E-state index in [0.717, 1.165) is 50.4 Å². The molecule has 4 heterocycles. The van der Waals surface area contributed by atoms with Crippen molar-refractivity contribution in [3.05, 3.63) is 41.4 Å². The molecule has 0 saturated carbocycles. The van der Waals surface area contributed by atoms with Crippen molar-refractivity contribution in [1.82, 2.24) is 24.8 Å². The molecule has 8 nitrogen and oxygen atoms in total. The number of nitrogens with zero attached hydrogens (tertiary/aromatic N) is 6.